The van der Waals surface area contributed by atoms with Gasteiger partial charge in [0.25, 0.3) is 0 Å². The molecule has 0 bridgehead atoms. The van der Waals surface area contributed by atoms with Crippen LogP contribution in [0, 0.1) is 0 Å². The van der Waals surface area contributed by atoms with Crippen molar-refractivity contribution in [3.63, 3.8) is 0 Å². The Morgan fingerprint density at radius 3 is 2.19 bits per heavy atom. The number of rotatable bonds is 5. The molecule has 0 saturated heterocycles. The van der Waals surface area contributed by atoms with Gasteiger partial charge in [-0.05, 0) is 46.5 Å². The molecule has 0 radical (unpaired) electrons. The van der Waals surface area contributed by atoms with Gasteiger partial charge in [0.15, 0.2) is 0 Å². The van der Waals surface area contributed by atoms with Gasteiger partial charge in [0.2, 0.25) is 0 Å². The third kappa shape index (κ3) is 3.74. The van der Waals surface area contributed by atoms with Crippen LogP contribution in [0.5, 0.6) is 0 Å². The van der Waals surface area contributed by atoms with Gasteiger partial charge in [0.05, 0.1) is 0 Å². The first-order valence-corrected chi connectivity index (χ1v) is 10.3. The highest BCUT2D eigenvalue weighted by Gasteiger charge is 2.11. The molecule has 3 heteroatoms. The summed E-state index contributed by atoms with van der Waals surface area (Å²) in [6.07, 6.45) is 2.81. The second-order valence-corrected chi connectivity index (χ2v) is 7.61. The van der Waals surface area contributed by atoms with Gasteiger partial charge < -0.3 is 9.67 Å². The molecule has 5 rings (SSSR count). The summed E-state index contributed by atoms with van der Waals surface area (Å²) in [5.41, 5.74) is 6.85. The van der Waals surface area contributed by atoms with Gasteiger partial charge in [0.1, 0.15) is 0 Å². The average molecular weight is 403 g/mol. The summed E-state index contributed by atoms with van der Waals surface area (Å²) in [6.45, 7) is 0.767. The van der Waals surface area contributed by atoms with E-state index >= 15 is 0 Å². The van der Waals surface area contributed by atoms with Gasteiger partial charge in [-0.2, -0.15) is 0 Å². The van der Waals surface area contributed by atoms with Crippen LogP contribution in [-0.4, -0.2) is 15.6 Å². The second-order valence-electron chi connectivity index (χ2n) is 7.61. The highest BCUT2D eigenvalue weighted by molar-refractivity contribution is 6.08. The van der Waals surface area contributed by atoms with E-state index in [-0.39, 0.29) is 0 Å². The van der Waals surface area contributed by atoms with Crippen molar-refractivity contribution in [3.8, 4) is 11.1 Å². The summed E-state index contributed by atoms with van der Waals surface area (Å²) in [5.74, 6) is -0.943. The number of nitrogens with zero attached hydrogens (tertiary/aromatic N) is 1. The maximum absolute atomic E-state index is 10.9. The number of carboxylic acids is 1. The lowest BCUT2D eigenvalue weighted by molar-refractivity contribution is -0.131. The normalized spacial score (nSPS) is 11.5. The summed E-state index contributed by atoms with van der Waals surface area (Å²) in [4.78, 5) is 10.9. The summed E-state index contributed by atoms with van der Waals surface area (Å²) < 4.78 is 2.33. The van der Waals surface area contributed by atoms with E-state index in [2.05, 4.69) is 83.4 Å². The molecule has 3 nitrogen and oxygen atoms in total. The van der Waals surface area contributed by atoms with Crippen LogP contribution in [0.1, 0.15) is 11.1 Å². The number of fused-ring (bicyclic) bond motifs is 3. The van der Waals surface area contributed by atoms with Gasteiger partial charge in [-0.3, -0.25) is 0 Å². The zero-order valence-electron chi connectivity index (χ0n) is 16.9. The lowest BCUT2D eigenvalue weighted by Crippen LogP contribution is -1.99. The molecule has 150 valence electrons. The first-order chi connectivity index (χ1) is 15.2. The number of para-hydroxylation sites is 1. The average Bonchev–Trinajstić information content (AvgIpc) is 3.12. The van der Waals surface area contributed by atoms with Gasteiger partial charge in [-0.15, -0.1) is 0 Å². The van der Waals surface area contributed by atoms with E-state index in [1.165, 1.54) is 33.7 Å². The molecule has 0 saturated carbocycles. The number of hydrogen-bond acceptors (Lipinski definition) is 1. The minimum absolute atomic E-state index is 0.767. The topological polar surface area (TPSA) is 42.2 Å². The van der Waals surface area contributed by atoms with E-state index < -0.39 is 5.97 Å². The highest BCUT2D eigenvalue weighted by atomic mass is 16.4. The molecule has 1 aromatic heterocycles. The number of carbonyl (C=O) groups is 1. The van der Waals surface area contributed by atoms with Crippen LogP contribution in [0.2, 0.25) is 0 Å². The summed E-state index contributed by atoms with van der Waals surface area (Å²) >= 11 is 0. The lowest BCUT2D eigenvalue weighted by Gasteiger charge is -2.09. The van der Waals surface area contributed by atoms with Crippen molar-refractivity contribution in [1.29, 1.82) is 0 Å². The van der Waals surface area contributed by atoms with E-state index in [4.69, 9.17) is 5.11 Å². The molecular weight excluding hydrogens is 382 g/mol. The van der Waals surface area contributed by atoms with Gasteiger partial charge in [-0.25, -0.2) is 4.79 Å². The Morgan fingerprint density at radius 1 is 0.742 bits per heavy atom. The first-order valence-electron chi connectivity index (χ1n) is 10.3. The van der Waals surface area contributed by atoms with Gasteiger partial charge in [0, 0.05) is 34.4 Å². The molecule has 0 aliphatic carbocycles. The molecular formula is C28H21NO2. The molecule has 31 heavy (non-hydrogen) atoms. The van der Waals surface area contributed by atoms with Crippen LogP contribution in [-0.2, 0) is 11.3 Å². The highest BCUT2D eigenvalue weighted by Crippen LogP contribution is 2.31. The Kier molecular flexibility index (Phi) is 4.85. The van der Waals surface area contributed by atoms with E-state index in [1.807, 2.05) is 18.2 Å². The van der Waals surface area contributed by atoms with Crippen molar-refractivity contribution in [2.75, 3.05) is 0 Å². The van der Waals surface area contributed by atoms with Crippen LogP contribution in [0.3, 0.4) is 0 Å². The van der Waals surface area contributed by atoms with Crippen LogP contribution >= 0.6 is 0 Å². The van der Waals surface area contributed by atoms with Crippen molar-refractivity contribution >= 4 is 33.9 Å². The molecule has 5 aromatic rings. The predicted octanol–water partition coefficient (Wildman–Crippen LogP) is 6.61. The minimum Gasteiger partial charge on any atom is -0.478 e. The second kappa shape index (κ2) is 7.96. The van der Waals surface area contributed by atoms with E-state index in [0.717, 1.165) is 23.0 Å². The Morgan fingerprint density at radius 2 is 1.42 bits per heavy atom. The van der Waals surface area contributed by atoms with E-state index in [9.17, 15) is 4.79 Å². The smallest absolute Gasteiger partial charge is 0.328 e. The molecule has 0 spiro atoms. The number of hydrogen-bond donors (Lipinski definition) is 1. The number of benzene rings is 4. The van der Waals surface area contributed by atoms with Gasteiger partial charge in [-0.1, -0.05) is 78.9 Å². The minimum atomic E-state index is -0.943. The molecule has 0 atom stereocenters. The lowest BCUT2D eigenvalue weighted by atomic mass is 10.0. The number of carboxylic acid groups (broad SMARTS) is 1. The molecule has 0 unspecified atom stereocenters. The number of aromatic nitrogens is 1. The third-order valence-electron chi connectivity index (χ3n) is 5.62. The monoisotopic (exact) mass is 403 g/mol. The van der Waals surface area contributed by atoms with Crippen molar-refractivity contribution in [1.82, 2.24) is 4.57 Å². The summed E-state index contributed by atoms with van der Waals surface area (Å²) in [5, 5.41) is 11.2. The van der Waals surface area contributed by atoms with Crippen molar-refractivity contribution in [2.45, 2.75) is 6.54 Å². The Hall–Kier alpha value is -4.11. The zero-order chi connectivity index (χ0) is 21.2. The predicted molar refractivity (Wildman–Crippen MR) is 127 cm³/mol. The quantitative estimate of drug-likeness (QED) is 0.336. The maximum atomic E-state index is 10.9. The fraction of sp³-hybridized carbons (Fsp3) is 0.0357. The molecule has 4 aromatic carbocycles. The maximum Gasteiger partial charge on any atom is 0.328 e. The third-order valence-corrected chi connectivity index (χ3v) is 5.62. The molecule has 1 heterocycles. The van der Waals surface area contributed by atoms with Gasteiger partial charge >= 0.3 is 5.97 Å². The largest absolute Gasteiger partial charge is 0.478 e. The Bertz CT molecular complexity index is 1410. The molecule has 0 aliphatic rings. The van der Waals surface area contributed by atoms with E-state index in [1.54, 1.807) is 6.08 Å². The fourth-order valence-corrected chi connectivity index (χ4v) is 4.13. The van der Waals surface area contributed by atoms with Crippen LogP contribution in [0.25, 0.3) is 39.0 Å². The molecule has 0 amide bonds. The number of aliphatic carboxylic acids is 1. The van der Waals surface area contributed by atoms with Crippen molar-refractivity contribution in [2.24, 2.45) is 0 Å². The molecule has 0 fully saturated rings. The summed E-state index contributed by atoms with van der Waals surface area (Å²) in [7, 11) is 0. The summed E-state index contributed by atoms with van der Waals surface area (Å²) in [6, 6.07) is 33.6. The Balaban J connectivity index is 1.55. The zero-order valence-corrected chi connectivity index (χ0v) is 16.9. The van der Waals surface area contributed by atoms with Crippen molar-refractivity contribution < 1.29 is 9.90 Å². The molecule has 0 aliphatic heterocycles. The molecule has 1 N–H and O–H groups in total. The van der Waals surface area contributed by atoms with Crippen LogP contribution in [0.4, 0.5) is 0 Å². The Labute approximate surface area is 180 Å². The van der Waals surface area contributed by atoms with E-state index in [0.29, 0.717) is 0 Å². The van der Waals surface area contributed by atoms with Crippen LogP contribution in [0.15, 0.2) is 103 Å². The van der Waals surface area contributed by atoms with Crippen molar-refractivity contribution in [3.05, 3.63) is 114 Å². The standard InChI is InChI=1S/C28H21NO2/c30-28(31)17-13-20-12-16-27-25(18-20)24-8-4-5-9-26(24)29(27)19-21-10-14-23(15-11-21)22-6-2-1-3-7-22/h1-18H,19H2,(H,30,31)/b17-13+. The fourth-order valence-electron chi connectivity index (χ4n) is 4.13. The van der Waals surface area contributed by atoms with Crippen LogP contribution < -0.4 is 0 Å². The SMILES string of the molecule is O=C(O)/C=C/c1ccc2c(c1)c1ccccc1n2Cc1ccc(-c2ccccc2)cc1. The first kappa shape index (κ1) is 18.9.